The maximum atomic E-state index is 13.5. The van der Waals surface area contributed by atoms with E-state index in [0.29, 0.717) is 17.3 Å². The van der Waals surface area contributed by atoms with E-state index in [1.807, 2.05) is 0 Å². The summed E-state index contributed by atoms with van der Waals surface area (Å²) in [6, 6.07) is 2.63. The zero-order valence-corrected chi connectivity index (χ0v) is 9.30. The summed E-state index contributed by atoms with van der Waals surface area (Å²) in [6.07, 6.45) is 2.42. The molecule has 0 unspecified atom stereocenters. The van der Waals surface area contributed by atoms with Crippen LogP contribution in [0.2, 0.25) is 0 Å². The van der Waals surface area contributed by atoms with Crippen LogP contribution in [0.15, 0.2) is 22.8 Å². The molecule has 1 aliphatic rings. The summed E-state index contributed by atoms with van der Waals surface area (Å²) in [6.45, 7) is 0. The molecule has 1 fully saturated rings. The van der Waals surface area contributed by atoms with E-state index in [0.717, 1.165) is 0 Å². The Kier molecular flexibility index (Phi) is 2.58. The van der Waals surface area contributed by atoms with Crippen molar-refractivity contribution in [2.45, 2.75) is 18.8 Å². The van der Waals surface area contributed by atoms with Crippen LogP contribution in [0.5, 0.6) is 0 Å². The van der Waals surface area contributed by atoms with Gasteiger partial charge in [0, 0.05) is 16.6 Å². The Morgan fingerprint density at radius 1 is 1.47 bits per heavy atom. The lowest BCUT2D eigenvalue weighted by Crippen LogP contribution is -2.28. The van der Waals surface area contributed by atoms with Gasteiger partial charge >= 0.3 is 5.92 Å². The first kappa shape index (κ1) is 10.7. The van der Waals surface area contributed by atoms with E-state index in [2.05, 4.69) is 20.9 Å². The number of carbonyl (C=O) groups excluding carboxylic acids is 1. The van der Waals surface area contributed by atoms with E-state index in [1.54, 1.807) is 0 Å². The monoisotopic (exact) mass is 275 g/mol. The highest BCUT2D eigenvalue weighted by atomic mass is 79.9. The molecular formula is C10H8BrF2NO. The Bertz CT molecular complexity index is 387. The number of pyridine rings is 1. The maximum absolute atomic E-state index is 13.5. The number of Topliss-reactive ketones (excluding diaryl/α,β-unsaturated/α-hetero) is 1. The van der Waals surface area contributed by atoms with Crippen molar-refractivity contribution in [2.24, 2.45) is 5.92 Å². The van der Waals surface area contributed by atoms with Gasteiger partial charge in [0.2, 0.25) is 5.78 Å². The molecule has 1 saturated carbocycles. The fourth-order valence-electron chi connectivity index (χ4n) is 1.29. The summed E-state index contributed by atoms with van der Waals surface area (Å²) in [4.78, 5) is 14.9. The van der Waals surface area contributed by atoms with E-state index >= 15 is 0 Å². The van der Waals surface area contributed by atoms with Crippen LogP contribution in [-0.4, -0.2) is 10.8 Å². The molecule has 2 rings (SSSR count). The van der Waals surface area contributed by atoms with Crippen molar-refractivity contribution in [1.29, 1.82) is 0 Å². The van der Waals surface area contributed by atoms with Crippen LogP contribution in [0.1, 0.15) is 18.5 Å². The highest BCUT2D eigenvalue weighted by Gasteiger charge is 2.49. The Morgan fingerprint density at radius 2 is 2.13 bits per heavy atom. The quantitative estimate of drug-likeness (QED) is 0.849. The molecule has 0 aromatic carbocycles. The third-order valence-electron chi connectivity index (χ3n) is 2.31. The molecule has 0 amide bonds. The standard InChI is InChI=1S/C10H8BrF2NO/c11-7-3-4-8(14-5-7)10(12,13)9(15)6-1-2-6/h3-6H,1-2H2. The minimum absolute atomic E-state index is 0.467. The lowest BCUT2D eigenvalue weighted by atomic mass is 10.1. The SMILES string of the molecule is O=C(C1CC1)C(F)(F)c1ccc(Br)cn1. The van der Waals surface area contributed by atoms with Crippen molar-refractivity contribution in [1.82, 2.24) is 4.98 Å². The molecule has 1 aromatic rings. The van der Waals surface area contributed by atoms with Crippen molar-refractivity contribution < 1.29 is 13.6 Å². The Balaban J connectivity index is 2.27. The van der Waals surface area contributed by atoms with Crippen molar-refractivity contribution >= 4 is 21.7 Å². The van der Waals surface area contributed by atoms with Gasteiger partial charge in [-0.05, 0) is 40.9 Å². The molecule has 0 saturated heterocycles. The fourth-order valence-corrected chi connectivity index (χ4v) is 1.52. The zero-order valence-electron chi connectivity index (χ0n) is 7.71. The van der Waals surface area contributed by atoms with Crippen molar-refractivity contribution in [3.63, 3.8) is 0 Å². The number of carbonyl (C=O) groups is 1. The number of rotatable bonds is 3. The van der Waals surface area contributed by atoms with Crippen molar-refractivity contribution in [2.75, 3.05) is 0 Å². The summed E-state index contributed by atoms with van der Waals surface area (Å²) in [5.41, 5.74) is -0.470. The fraction of sp³-hybridized carbons (Fsp3) is 0.400. The van der Waals surface area contributed by atoms with Gasteiger partial charge in [0.15, 0.2) is 0 Å². The van der Waals surface area contributed by atoms with Crippen LogP contribution in [0.3, 0.4) is 0 Å². The smallest absolute Gasteiger partial charge is 0.292 e. The molecule has 1 heterocycles. The first-order valence-electron chi connectivity index (χ1n) is 4.56. The van der Waals surface area contributed by atoms with Crippen molar-refractivity contribution in [3.8, 4) is 0 Å². The van der Waals surface area contributed by atoms with Gasteiger partial charge in [0.25, 0.3) is 0 Å². The first-order valence-corrected chi connectivity index (χ1v) is 5.35. The molecule has 0 N–H and O–H groups in total. The Hall–Kier alpha value is -0.840. The average molecular weight is 276 g/mol. The van der Waals surface area contributed by atoms with Gasteiger partial charge in [-0.3, -0.25) is 9.78 Å². The lowest BCUT2D eigenvalue weighted by molar-refractivity contribution is -0.146. The summed E-state index contributed by atoms with van der Waals surface area (Å²) in [7, 11) is 0. The van der Waals surface area contributed by atoms with Crippen LogP contribution in [0, 0.1) is 5.92 Å². The number of halogens is 3. The molecular weight excluding hydrogens is 268 g/mol. The van der Waals surface area contributed by atoms with Crippen LogP contribution in [0.4, 0.5) is 8.78 Å². The Labute approximate surface area is 93.8 Å². The van der Waals surface area contributed by atoms with E-state index in [4.69, 9.17) is 0 Å². The Morgan fingerprint density at radius 3 is 2.60 bits per heavy atom. The highest BCUT2D eigenvalue weighted by molar-refractivity contribution is 9.10. The molecule has 0 bridgehead atoms. The van der Waals surface area contributed by atoms with Crippen molar-refractivity contribution in [3.05, 3.63) is 28.5 Å². The minimum Gasteiger partial charge on any atom is -0.292 e. The molecule has 0 aliphatic heterocycles. The van der Waals surface area contributed by atoms with Gasteiger partial charge < -0.3 is 0 Å². The predicted molar refractivity (Wildman–Crippen MR) is 53.6 cm³/mol. The molecule has 80 valence electrons. The zero-order chi connectivity index (χ0) is 11.1. The number of aromatic nitrogens is 1. The topological polar surface area (TPSA) is 30.0 Å². The third-order valence-corrected chi connectivity index (χ3v) is 2.78. The normalized spacial score (nSPS) is 16.5. The number of hydrogen-bond acceptors (Lipinski definition) is 2. The molecule has 0 radical (unpaired) electrons. The van der Waals surface area contributed by atoms with Crippen LogP contribution in [-0.2, 0) is 10.7 Å². The third kappa shape index (κ3) is 2.07. The van der Waals surface area contributed by atoms with Gasteiger partial charge in [-0.1, -0.05) is 0 Å². The first-order chi connectivity index (χ1) is 7.01. The highest BCUT2D eigenvalue weighted by Crippen LogP contribution is 2.40. The molecule has 5 heteroatoms. The van der Waals surface area contributed by atoms with Gasteiger partial charge in [-0.2, -0.15) is 8.78 Å². The van der Waals surface area contributed by atoms with Gasteiger partial charge in [0.1, 0.15) is 5.69 Å². The second kappa shape index (κ2) is 3.63. The summed E-state index contributed by atoms with van der Waals surface area (Å²) in [5, 5.41) is 0. The minimum atomic E-state index is -3.44. The van der Waals surface area contributed by atoms with E-state index in [9.17, 15) is 13.6 Å². The largest absolute Gasteiger partial charge is 0.347 e. The molecule has 0 atom stereocenters. The van der Waals surface area contributed by atoms with Crippen LogP contribution in [0.25, 0.3) is 0 Å². The molecule has 1 aliphatic carbocycles. The van der Waals surface area contributed by atoms with Gasteiger partial charge in [-0.15, -0.1) is 0 Å². The second-order valence-corrected chi connectivity index (χ2v) is 4.49. The molecule has 2 nitrogen and oxygen atoms in total. The summed E-state index contributed by atoms with van der Waals surface area (Å²) in [5.74, 6) is -4.91. The molecule has 1 aromatic heterocycles. The summed E-state index contributed by atoms with van der Waals surface area (Å²) >= 11 is 3.10. The van der Waals surface area contributed by atoms with Crippen LogP contribution < -0.4 is 0 Å². The summed E-state index contributed by atoms with van der Waals surface area (Å²) < 4.78 is 27.7. The number of hydrogen-bond donors (Lipinski definition) is 0. The lowest BCUT2D eigenvalue weighted by Gasteiger charge is -2.13. The number of alkyl halides is 2. The molecule has 15 heavy (non-hydrogen) atoms. The predicted octanol–water partition coefficient (Wildman–Crippen LogP) is 2.92. The second-order valence-electron chi connectivity index (χ2n) is 3.57. The van der Waals surface area contributed by atoms with Crippen LogP contribution >= 0.6 is 15.9 Å². The van der Waals surface area contributed by atoms with E-state index < -0.39 is 23.3 Å². The molecule has 0 spiro atoms. The number of nitrogens with zero attached hydrogens (tertiary/aromatic N) is 1. The average Bonchev–Trinajstić information content (AvgIpc) is 3.00. The van der Waals surface area contributed by atoms with E-state index in [1.165, 1.54) is 18.3 Å². The van der Waals surface area contributed by atoms with E-state index in [-0.39, 0.29) is 0 Å². The van der Waals surface area contributed by atoms with Gasteiger partial charge in [-0.25, -0.2) is 0 Å². The van der Waals surface area contributed by atoms with Gasteiger partial charge in [0.05, 0.1) is 0 Å². The maximum Gasteiger partial charge on any atom is 0.347 e. The number of ketones is 1.